The molecule has 0 amide bonds. The third kappa shape index (κ3) is 6.01. The van der Waals surface area contributed by atoms with Crippen molar-refractivity contribution in [3.8, 4) is 0 Å². The fourth-order valence-corrected chi connectivity index (χ4v) is 2.00. The van der Waals surface area contributed by atoms with Crippen molar-refractivity contribution in [2.45, 2.75) is 26.2 Å². The third-order valence-electron chi connectivity index (χ3n) is 3.20. The number of pyridine rings is 1. The first-order valence-corrected chi connectivity index (χ1v) is 7.22. The van der Waals surface area contributed by atoms with E-state index in [1.807, 2.05) is 30.3 Å². The van der Waals surface area contributed by atoms with Crippen molar-refractivity contribution < 1.29 is 0 Å². The molecule has 2 aromatic rings. The van der Waals surface area contributed by atoms with E-state index in [9.17, 15) is 0 Å². The Bertz CT molecular complexity index is 597. The van der Waals surface area contributed by atoms with E-state index in [2.05, 4.69) is 41.3 Å². The highest BCUT2D eigenvalue weighted by atomic mass is 127. The van der Waals surface area contributed by atoms with Crippen molar-refractivity contribution in [1.82, 2.24) is 4.98 Å². The molecule has 0 fully saturated rings. The molecule has 0 saturated heterocycles. The summed E-state index contributed by atoms with van der Waals surface area (Å²) in [7, 11) is 0. The Balaban J connectivity index is 0.00000242. The number of guanidine groups is 1. The van der Waals surface area contributed by atoms with E-state index in [1.165, 1.54) is 5.56 Å². The summed E-state index contributed by atoms with van der Waals surface area (Å²) in [4.78, 5) is 8.59. The van der Waals surface area contributed by atoms with Crippen LogP contribution in [0.4, 0.5) is 5.69 Å². The minimum Gasteiger partial charge on any atom is -0.370 e. The number of halogens is 1. The Morgan fingerprint density at radius 1 is 1.23 bits per heavy atom. The van der Waals surface area contributed by atoms with E-state index in [0.29, 0.717) is 18.4 Å². The van der Waals surface area contributed by atoms with Gasteiger partial charge < -0.3 is 11.1 Å². The van der Waals surface area contributed by atoms with Gasteiger partial charge in [-0.25, -0.2) is 0 Å². The first-order valence-electron chi connectivity index (χ1n) is 7.22. The molecule has 0 aliphatic rings. The molecular weight excluding hydrogens is 387 g/mol. The maximum Gasteiger partial charge on any atom is 0.193 e. The zero-order chi connectivity index (χ0) is 15.1. The molecule has 2 rings (SSSR count). The van der Waals surface area contributed by atoms with Crippen LogP contribution in [0.5, 0.6) is 0 Å². The van der Waals surface area contributed by atoms with Crippen LogP contribution >= 0.6 is 24.0 Å². The summed E-state index contributed by atoms with van der Waals surface area (Å²) in [5.74, 6) is 0.931. The average Bonchev–Trinajstić information content (AvgIpc) is 2.48. The Hall–Kier alpha value is -1.63. The van der Waals surface area contributed by atoms with Crippen LogP contribution in [-0.4, -0.2) is 17.5 Å². The normalized spacial score (nSPS) is 11.1. The van der Waals surface area contributed by atoms with Gasteiger partial charge in [0.05, 0.1) is 0 Å². The molecule has 5 heteroatoms. The van der Waals surface area contributed by atoms with Crippen LogP contribution in [0.3, 0.4) is 0 Å². The highest BCUT2D eigenvalue weighted by molar-refractivity contribution is 14.0. The Morgan fingerprint density at radius 3 is 2.73 bits per heavy atom. The molecule has 0 unspecified atom stereocenters. The van der Waals surface area contributed by atoms with Gasteiger partial charge in [0, 0.05) is 30.5 Å². The van der Waals surface area contributed by atoms with Crippen LogP contribution in [0.1, 0.15) is 31.0 Å². The largest absolute Gasteiger partial charge is 0.370 e. The molecule has 0 spiro atoms. The number of hydrogen-bond acceptors (Lipinski definition) is 2. The summed E-state index contributed by atoms with van der Waals surface area (Å²) in [6.07, 6.45) is 2.58. The smallest absolute Gasteiger partial charge is 0.193 e. The van der Waals surface area contributed by atoms with E-state index in [1.54, 1.807) is 6.20 Å². The monoisotopic (exact) mass is 410 g/mol. The molecule has 1 heterocycles. The van der Waals surface area contributed by atoms with Crippen LogP contribution < -0.4 is 11.1 Å². The summed E-state index contributed by atoms with van der Waals surface area (Å²) in [5, 5.41) is 3.13. The summed E-state index contributed by atoms with van der Waals surface area (Å²) < 4.78 is 0. The standard InChI is InChI=1S/C17H22N4.HI/c1-13(2)14-6-5-8-16(12-14)21-17(18)20-11-9-15-7-3-4-10-19-15;/h3-8,10,12-13H,9,11H2,1-2H3,(H3,18,20,21);1H. The number of rotatable bonds is 5. The van der Waals surface area contributed by atoms with Crippen molar-refractivity contribution in [2.24, 2.45) is 10.7 Å². The van der Waals surface area contributed by atoms with E-state index in [-0.39, 0.29) is 24.0 Å². The van der Waals surface area contributed by atoms with Crippen LogP contribution in [0.25, 0.3) is 0 Å². The van der Waals surface area contributed by atoms with E-state index >= 15 is 0 Å². The number of nitrogens with zero attached hydrogens (tertiary/aromatic N) is 2. The molecule has 0 atom stereocenters. The van der Waals surface area contributed by atoms with Crippen molar-refractivity contribution in [2.75, 3.05) is 11.9 Å². The second-order valence-electron chi connectivity index (χ2n) is 5.24. The summed E-state index contributed by atoms with van der Waals surface area (Å²) in [6.45, 7) is 4.96. The highest BCUT2D eigenvalue weighted by Crippen LogP contribution is 2.18. The second-order valence-corrected chi connectivity index (χ2v) is 5.24. The fourth-order valence-electron chi connectivity index (χ4n) is 2.00. The Morgan fingerprint density at radius 2 is 2.05 bits per heavy atom. The molecule has 3 N–H and O–H groups in total. The second kappa shape index (κ2) is 9.40. The van der Waals surface area contributed by atoms with E-state index in [0.717, 1.165) is 17.8 Å². The predicted octanol–water partition coefficient (Wildman–Crippen LogP) is 3.79. The fraction of sp³-hybridized carbons (Fsp3) is 0.294. The van der Waals surface area contributed by atoms with Gasteiger partial charge in [-0.05, 0) is 35.7 Å². The first kappa shape index (κ1) is 18.4. The number of aromatic nitrogens is 1. The van der Waals surface area contributed by atoms with Gasteiger partial charge in [0.25, 0.3) is 0 Å². The van der Waals surface area contributed by atoms with Gasteiger partial charge >= 0.3 is 0 Å². The van der Waals surface area contributed by atoms with E-state index in [4.69, 9.17) is 5.73 Å². The van der Waals surface area contributed by atoms with Gasteiger partial charge in [0.15, 0.2) is 5.96 Å². The molecule has 1 aromatic heterocycles. The van der Waals surface area contributed by atoms with Crippen molar-refractivity contribution in [3.05, 3.63) is 59.9 Å². The number of aliphatic imine (C=N–C) groups is 1. The Labute approximate surface area is 149 Å². The molecule has 0 aliphatic heterocycles. The highest BCUT2D eigenvalue weighted by Gasteiger charge is 2.01. The lowest BCUT2D eigenvalue weighted by atomic mass is 10.0. The van der Waals surface area contributed by atoms with Gasteiger partial charge in [0.1, 0.15) is 0 Å². The molecule has 0 bridgehead atoms. The summed E-state index contributed by atoms with van der Waals surface area (Å²) in [6, 6.07) is 14.1. The van der Waals surface area contributed by atoms with Gasteiger partial charge in [-0.1, -0.05) is 32.0 Å². The molecule has 0 radical (unpaired) electrons. The summed E-state index contributed by atoms with van der Waals surface area (Å²) in [5.41, 5.74) is 9.19. The SMILES string of the molecule is CC(C)c1cccc(NC(N)=NCCc2ccccn2)c1.I. The quantitative estimate of drug-likeness (QED) is 0.448. The molecular formula is C17H23IN4. The Kier molecular flexibility index (Phi) is 7.87. The third-order valence-corrected chi connectivity index (χ3v) is 3.20. The number of anilines is 1. The lowest BCUT2D eigenvalue weighted by Crippen LogP contribution is -2.23. The van der Waals surface area contributed by atoms with Crippen molar-refractivity contribution >= 4 is 35.6 Å². The zero-order valence-corrected chi connectivity index (χ0v) is 15.3. The zero-order valence-electron chi connectivity index (χ0n) is 13.0. The van der Waals surface area contributed by atoms with Crippen LogP contribution in [-0.2, 0) is 6.42 Å². The maximum absolute atomic E-state index is 5.91. The molecule has 1 aromatic carbocycles. The lowest BCUT2D eigenvalue weighted by molar-refractivity contribution is 0.867. The predicted molar refractivity (Wildman–Crippen MR) is 104 cm³/mol. The first-order chi connectivity index (χ1) is 10.1. The van der Waals surface area contributed by atoms with Crippen molar-refractivity contribution in [3.63, 3.8) is 0 Å². The van der Waals surface area contributed by atoms with Gasteiger partial charge in [-0.2, -0.15) is 0 Å². The molecule has 4 nitrogen and oxygen atoms in total. The maximum atomic E-state index is 5.91. The number of hydrogen-bond donors (Lipinski definition) is 2. The average molecular weight is 410 g/mol. The topological polar surface area (TPSA) is 63.3 Å². The molecule has 118 valence electrons. The minimum atomic E-state index is 0. The number of nitrogens with one attached hydrogen (secondary N) is 1. The molecule has 0 aliphatic carbocycles. The van der Waals surface area contributed by atoms with E-state index < -0.39 is 0 Å². The molecule has 0 saturated carbocycles. The lowest BCUT2D eigenvalue weighted by Gasteiger charge is -2.09. The van der Waals surface area contributed by atoms with Gasteiger partial charge in [-0.15, -0.1) is 24.0 Å². The van der Waals surface area contributed by atoms with Crippen LogP contribution in [0, 0.1) is 0 Å². The molecule has 22 heavy (non-hydrogen) atoms. The number of benzene rings is 1. The van der Waals surface area contributed by atoms with Gasteiger partial charge in [0.2, 0.25) is 0 Å². The minimum absolute atomic E-state index is 0. The van der Waals surface area contributed by atoms with Crippen LogP contribution in [0.2, 0.25) is 0 Å². The van der Waals surface area contributed by atoms with Crippen LogP contribution in [0.15, 0.2) is 53.7 Å². The summed E-state index contributed by atoms with van der Waals surface area (Å²) >= 11 is 0. The van der Waals surface area contributed by atoms with Crippen molar-refractivity contribution in [1.29, 1.82) is 0 Å². The number of nitrogens with two attached hydrogens (primary N) is 1. The van der Waals surface area contributed by atoms with Gasteiger partial charge in [-0.3, -0.25) is 9.98 Å².